The summed E-state index contributed by atoms with van der Waals surface area (Å²) in [5.74, 6) is 0.103. The third kappa shape index (κ3) is 3.66. The molecule has 28 heavy (non-hydrogen) atoms. The third-order valence-electron chi connectivity index (χ3n) is 4.83. The second-order valence-electron chi connectivity index (χ2n) is 6.84. The average Bonchev–Trinajstić information content (AvgIpc) is 2.68. The van der Waals surface area contributed by atoms with Crippen LogP contribution in [0.1, 0.15) is 18.5 Å². The summed E-state index contributed by atoms with van der Waals surface area (Å²) in [6, 6.07) is 10.2. The zero-order valence-corrected chi connectivity index (χ0v) is 15.4. The summed E-state index contributed by atoms with van der Waals surface area (Å²) in [4.78, 5) is 14.6. The number of phenols is 1. The van der Waals surface area contributed by atoms with Gasteiger partial charge in [0.1, 0.15) is 17.1 Å². The number of hydrogen-bond acceptors (Lipinski definition) is 6. The second kappa shape index (κ2) is 7.52. The van der Waals surface area contributed by atoms with Gasteiger partial charge in [-0.15, -0.1) is 0 Å². The lowest BCUT2D eigenvalue weighted by molar-refractivity contribution is 0.121. The number of aromatic hydroxyl groups is 1. The lowest BCUT2D eigenvalue weighted by Gasteiger charge is -2.27. The normalized spacial score (nSPS) is 15.6. The van der Waals surface area contributed by atoms with Gasteiger partial charge < -0.3 is 24.5 Å². The maximum atomic E-state index is 13.5. The molecule has 0 amide bonds. The van der Waals surface area contributed by atoms with Crippen LogP contribution in [-0.2, 0) is 4.74 Å². The Morgan fingerprint density at radius 3 is 2.71 bits per heavy atom. The molecule has 1 aliphatic rings. The Morgan fingerprint density at radius 1 is 1.18 bits per heavy atom. The first kappa shape index (κ1) is 18.3. The van der Waals surface area contributed by atoms with Crippen LogP contribution in [0.4, 0.5) is 16.0 Å². The molecule has 0 radical (unpaired) electrons. The highest BCUT2D eigenvalue weighted by molar-refractivity contribution is 5.83. The minimum Gasteiger partial charge on any atom is -0.508 e. The predicted molar refractivity (Wildman–Crippen MR) is 106 cm³/mol. The van der Waals surface area contributed by atoms with Crippen LogP contribution in [0, 0.1) is 5.82 Å². The highest BCUT2D eigenvalue weighted by atomic mass is 19.1. The van der Waals surface area contributed by atoms with Gasteiger partial charge in [-0.3, -0.25) is 4.79 Å². The summed E-state index contributed by atoms with van der Waals surface area (Å²) in [6.07, 6.45) is 0. The molecule has 3 aromatic rings. The molecule has 2 aromatic carbocycles. The lowest BCUT2D eigenvalue weighted by Crippen LogP contribution is -2.36. The van der Waals surface area contributed by atoms with Gasteiger partial charge in [0.25, 0.3) is 0 Å². The molecule has 7 heteroatoms. The number of anilines is 2. The number of halogens is 1. The van der Waals surface area contributed by atoms with E-state index in [1.807, 2.05) is 11.8 Å². The van der Waals surface area contributed by atoms with Crippen molar-refractivity contribution < 1.29 is 18.7 Å². The fourth-order valence-corrected chi connectivity index (χ4v) is 3.42. The maximum absolute atomic E-state index is 13.5. The van der Waals surface area contributed by atoms with Gasteiger partial charge in [-0.05, 0) is 37.3 Å². The van der Waals surface area contributed by atoms with E-state index in [9.17, 15) is 14.3 Å². The molecular weight excluding hydrogens is 363 g/mol. The van der Waals surface area contributed by atoms with Crippen LogP contribution in [0.5, 0.6) is 5.75 Å². The molecule has 1 saturated heterocycles. The largest absolute Gasteiger partial charge is 0.508 e. The van der Waals surface area contributed by atoms with Crippen LogP contribution in [0.3, 0.4) is 0 Å². The summed E-state index contributed by atoms with van der Waals surface area (Å²) in [6.45, 7) is 4.28. The van der Waals surface area contributed by atoms with E-state index < -0.39 is 0 Å². The molecule has 0 aliphatic carbocycles. The molecule has 1 aromatic heterocycles. The molecule has 0 saturated carbocycles. The van der Waals surface area contributed by atoms with Crippen molar-refractivity contribution in [1.82, 2.24) is 0 Å². The van der Waals surface area contributed by atoms with E-state index in [1.54, 1.807) is 18.2 Å². The minimum absolute atomic E-state index is 0.0261. The van der Waals surface area contributed by atoms with Gasteiger partial charge in [-0.1, -0.05) is 6.07 Å². The van der Waals surface area contributed by atoms with E-state index in [0.29, 0.717) is 54.4 Å². The molecule has 0 bridgehead atoms. The number of fused-ring (bicyclic) bond motifs is 1. The zero-order chi connectivity index (χ0) is 19.7. The third-order valence-corrected chi connectivity index (χ3v) is 4.83. The number of phenolic OH excluding ortho intramolecular Hbond substituents is 1. The summed E-state index contributed by atoms with van der Waals surface area (Å²) < 4.78 is 24.9. The van der Waals surface area contributed by atoms with Crippen LogP contribution in [-0.4, -0.2) is 31.4 Å². The van der Waals surface area contributed by atoms with Crippen molar-refractivity contribution in [3.63, 3.8) is 0 Å². The van der Waals surface area contributed by atoms with Gasteiger partial charge in [-0.2, -0.15) is 0 Å². The zero-order valence-electron chi connectivity index (χ0n) is 15.4. The van der Waals surface area contributed by atoms with E-state index in [1.165, 1.54) is 24.3 Å². The molecular formula is C21H21FN2O4. The van der Waals surface area contributed by atoms with Crippen molar-refractivity contribution in [2.45, 2.75) is 13.0 Å². The topological polar surface area (TPSA) is 74.9 Å². The molecule has 2 N–H and O–H groups in total. The number of ether oxygens (including phenoxy) is 1. The second-order valence-corrected chi connectivity index (χ2v) is 6.84. The SMILES string of the molecule is CC(Nc1cccc(F)c1)c1cc(O)cc2c(=O)cc(N3CCOCC3)oc12. The molecule has 1 aliphatic heterocycles. The van der Waals surface area contributed by atoms with E-state index in [0.717, 1.165) is 0 Å². The monoisotopic (exact) mass is 384 g/mol. The standard InChI is InChI=1S/C21H21FN2O4/c1-13(23-15-4-2-3-14(22)9-15)17-10-16(25)11-18-19(26)12-20(28-21(17)18)24-5-7-27-8-6-24/h2-4,9-13,23,25H,5-8H2,1H3. The van der Waals surface area contributed by atoms with Gasteiger partial charge in [0, 0.05) is 30.4 Å². The predicted octanol–water partition coefficient (Wildman–Crippen LogP) is 3.65. The minimum atomic E-state index is -0.348. The van der Waals surface area contributed by atoms with E-state index in [-0.39, 0.29) is 23.0 Å². The average molecular weight is 384 g/mol. The molecule has 1 fully saturated rings. The Kier molecular flexibility index (Phi) is 4.92. The molecule has 4 rings (SSSR count). The number of hydrogen-bond donors (Lipinski definition) is 2. The van der Waals surface area contributed by atoms with Crippen LogP contribution in [0.25, 0.3) is 11.0 Å². The summed E-state index contributed by atoms with van der Waals surface area (Å²) in [5, 5.41) is 13.6. The van der Waals surface area contributed by atoms with Crippen molar-refractivity contribution in [3.8, 4) is 5.75 Å². The molecule has 0 spiro atoms. The highest BCUT2D eigenvalue weighted by Gasteiger charge is 2.20. The van der Waals surface area contributed by atoms with Crippen molar-refractivity contribution in [2.24, 2.45) is 0 Å². The van der Waals surface area contributed by atoms with E-state index >= 15 is 0 Å². The molecule has 146 valence electrons. The molecule has 1 atom stereocenters. The van der Waals surface area contributed by atoms with E-state index in [4.69, 9.17) is 9.15 Å². The summed E-state index contributed by atoms with van der Waals surface area (Å²) >= 11 is 0. The first-order chi connectivity index (χ1) is 13.5. The fraction of sp³-hybridized carbons (Fsp3) is 0.286. The van der Waals surface area contributed by atoms with E-state index in [2.05, 4.69) is 5.32 Å². The number of benzene rings is 2. The summed E-state index contributed by atoms with van der Waals surface area (Å²) in [5.41, 5.74) is 1.39. The first-order valence-corrected chi connectivity index (χ1v) is 9.17. The smallest absolute Gasteiger partial charge is 0.200 e. The number of morpholine rings is 1. The Bertz CT molecular complexity index is 1060. The first-order valence-electron chi connectivity index (χ1n) is 9.17. The Balaban J connectivity index is 1.77. The number of rotatable bonds is 4. The number of nitrogens with one attached hydrogen (secondary N) is 1. The molecule has 1 unspecified atom stereocenters. The van der Waals surface area contributed by atoms with Crippen LogP contribution < -0.4 is 15.6 Å². The van der Waals surface area contributed by atoms with Gasteiger partial charge in [0.05, 0.1) is 24.6 Å². The Hall–Kier alpha value is -3.06. The number of nitrogens with zero attached hydrogens (tertiary/aromatic N) is 1. The highest BCUT2D eigenvalue weighted by Crippen LogP contribution is 2.32. The van der Waals surface area contributed by atoms with Crippen molar-refractivity contribution in [3.05, 3.63) is 64.1 Å². The van der Waals surface area contributed by atoms with Crippen LogP contribution >= 0.6 is 0 Å². The lowest BCUT2D eigenvalue weighted by atomic mass is 10.0. The van der Waals surface area contributed by atoms with Crippen molar-refractivity contribution >= 4 is 22.5 Å². The van der Waals surface area contributed by atoms with Crippen LogP contribution in [0.2, 0.25) is 0 Å². The van der Waals surface area contributed by atoms with Gasteiger partial charge in [0.2, 0.25) is 0 Å². The van der Waals surface area contributed by atoms with Gasteiger partial charge in [0.15, 0.2) is 11.3 Å². The van der Waals surface area contributed by atoms with Crippen molar-refractivity contribution in [2.75, 3.05) is 36.5 Å². The van der Waals surface area contributed by atoms with Gasteiger partial charge >= 0.3 is 0 Å². The fourth-order valence-electron chi connectivity index (χ4n) is 3.42. The maximum Gasteiger partial charge on any atom is 0.200 e. The summed E-state index contributed by atoms with van der Waals surface area (Å²) in [7, 11) is 0. The van der Waals surface area contributed by atoms with Crippen molar-refractivity contribution in [1.29, 1.82) is 0 Å². The van der Waals surface area contributed by atoms with Crippen LogP contribution in [0.15, 0.2) is 51.7 Å². The van der Waals surface area contributed by atoms with Gasteiger partial charge in [-0.25, -0.2) is 4.39 Å². The molecule has 6 nitrogen and oxygen atoms in total. The Labute approximate surface area is 161 Å². The quantitative estimate of drug-likeness (QED) is 0.715. The molecule has 2 heterocycles. The Morgan fingerprint density at radius 2 is 1.96 bits per heavy atom.